The Morgan fingerprint density at radius 2 is 1.77 bits per heavy atom. The normalized spacial score (nSPS) is 9.85. The lowest BCUT2D eigenvalue weighted by Gasteiger charge is -2.01. The van der Waals surface area contributed by atoms with Gasteiger partial charge in [-0.05, 0) is 0 Å². The van der Waals surface area contributed by atoms with Gasteiger partial charge in [0, 0.05) is 6.07 Å². The number of rotatable bonds is 1. The van der Waals surface area contributed by atoms with Gasteiger partial charge in [-0.1, -0.05) is 4.73 Å². The van der Waals surface area contributed by atoms with Crippen molar-refractivity contribution in [3.63, 3.8) is 0 Å². The fourth-order valence-corrected chi connectivity index (χ4v) is 0.679. The van der Waals surface area contributed by atoms with Gasteiger partial charge < -0.3 is 15.5 Å². The molecular formula is C5H4N2O6. The summed E-state index contributed by atoms with van der Waals surface area (Å²) in [6, 6.07) is 0.406. The summed E-state index contributed by atoms with van der Waals surface area (Å²) < 4.78 is -0.754. The molecule has 0 atom stereocenters. The summed E-state index contributed by atoms with van der Waals surface area (Å²) in [6.45, 7) is 0. The molecule has 0 saturated heterocycles. The Morgan fingerprint density at radius 3 is 2.23 bits per heavy atom. The second-order valence-corrected chi connectivity index (χ2v) is 2.08. The lowest BCUT2D eigenvalue weighted by molar-refractivity contribution is 0.0585. The van der Waals surface area contributed by atoms with Crippen molar-refractivity contribution in [1.29, 1.82) is 0 Å². The molecule has 0 aromatic carbocycles. The first kappa shape index (κ1) is 8.84. The van der Waals surface area contributed by atoms with Crippen LogP contribution >= 0.6 is 0 Å². The maximum atomic E-state index is 10.7. The van der Waals surface area contributed by atoms with Gasteiger partial charge in [0.05, 0.1) is 0 Å². The first-order valence-electron chi connectivity index (χ1n) is 2.96. The van der Waals surface area contributed by atoms with E-state index < -0.39 is 27.6 Å². The number of aromatic nitrogens is 2. The van der Waals surface area contributed by atoms with Crippen molar-refractivity contribution in [2.24, 2.45) is 0 Å². The monoisotopic (exact) mass is 188 g/mol. The molecule has 0 bridgehead atoms. The smallest absolute Gasteiger partial charge is 0.397 e. The summed E-state index contributed by atoms with van der Waals surface area (Å²) in [7, 11) is 0. The zero-order valence-corrected chi connectivity index (χ0v) is 6.04. The maximum Gasteiger partial charge on any atom is 0.397 e. The lowest BCUT2D eigenvalue weighted by atomic mass is 10.4. The predicted octanol–water partition coefficient (Wildman–Crippen LogP) is -1.82. The van der Waals surface area contributed by atoms with Gasteiger partial charge >= 0.3 is 11.7 Å². The fraction of sp³-hybridized carbons (Fsp3) is 0. The van der Waals surface area contributed by atoms with Crippen molar-refractivity contribution in [1.82, 2.24) is 9.46 Å². The topological polar surface area (TPSA) is 122 Å². The second kappa shape index (κ2) is 2.66. The molecule has 8 heteroatoms. The number of hydrogen-bond acceptors (Lipinski definition) is 5. The van der Waals surface area contributed by atoms with Crippen molar-refractivity contribution in [2.45, 2.75) is 0 Å². The molecule has 13 heavy (non-hydrogen) atoms. The number of carboxylic acid groups (broad SMARTS) is 1. The highest BCUT2D eigenvalue weighted by Crippen LogP contribution is 1.88. The van der Waals surface area contributed by atoms with Crippen LogP contribution in [-0.2, 0) is 0 Å². The van der Waals surface area contributed by atoms with Gasteiger partial charge in [-0.2, -0.15) is 0 Å². The highest BCUT2D eigenvalue weighted by atomic mass is 16.5. The van der Waals surface area contributed by atoms with Crippen molar-refractivity contribution >= 4 is 5.97 Å². The van der Waals surface area contributed by atoms with E-state index in [-0.39, 0.29) is 4.73 Å². The Hall–Kier alpha value is -2.25. The molecule has 1 rings (SSSR count). The Bertz CT molecular complexity index is 469. The molecule has 1 heterocycles. The van der Waals surface area contributed by atoms with Gasteiger partial charge in [0.1, 0.15) is 0 Å². The van der Waals surface area contributed by atoms with Crippen LogP contribution < -0.4 is 11.2 Å². The van der Waals surface area contributed by atoms with Crippen LogP contribution in [0.3, 0.4) is 0 Å². The number of carbonyl (C=O) groups is 1. The molecule has 0 fully saturated rings. The quantitative estimate of drug-likeness (QED) is 0.446. The summed E-state index contributed by atoms with van der Waals surface area (Å²) in [6.07, 6.45) is 0. The molecule has 8 nitrogen and oxygen atoms in total. The summed E-state index contributed by atoms with van der Waals surface area (Å²) in [5.41, 5.74) is -3.68. The molecular weight excluding hydrogens is 184 g/mol. The molecule has 0 spiro atoms. The minimum absolute atomic E-state index is 0.344. The Balaban J connectivity index is 3.70. The second-order valence-electron chi connectivity index (χ2n) is 2.08. The van der Waals surface area contributed by atoms with Crippen LogP contribution in [0.1, 0.15) is 10.5 Å². The molecule has 0 amide bonds. The lowest BCUT2D eigenvalue weighted by Crippen LogP contribution is -2.40. The van der Waals surface area contributed by atoms with E-state index in [9.17, 15) is 14.4 Å². The number of carboxylic acids is 1. The first-order valence-corrected chi connectivity index (χ1v) is 2.96. The van der Waals surface area contributed by atoms with Crippen molar-refractivity contribution < 1.29 is 20.3 Å². The zero-order valence-electron chi connectivity index (χ0n) is 6.04. The van der Waals surface area contributed by atoms with E-state index in [4.69, 9.17) is 15.5 Å². The van der Waals surface area contributed by atoms with Gasteiger partial charge in [-0.15, -0.1) is 4.73 Å². The average molecular weight is 188 g/mol. The minimum Gasteiger partial charge on any atom is -0.476 e. The van der Waals surface area contributed by atoms with Gasteiger partial charge in [-0.25, -0.2) is 9.59 Å². The summed E-state index contributed by atoms with van der Waals surface area (Å²) in [5.74, 6) is -1.66. The van der Waals surface area contributed by atoms with E-state index in [0.717, 1.165) is 0 Å². The Labute approximate surface area is 69.4 Å². The Morgan fingerprint density at radius 1 is 1.23 bits per heavy atom. The molecule has 3 N–H and O–H groups in total. The summed E-state index contributed by atoms with van der Waals surface area (Å²) in [5, 5.41) is 25.7. The van der Waals surface area contributed by atoms with Crippen LogP contribution in [0.5, 0.6) is 0 Å². The third-order valence-electron chi connectivity index (χ3n) is 1.28. The number of nitrogens with zero attached hydrogens (tertiary/aromatic N) is 2. The van der Waals surface area contributed by atoms with Crippen molar-refractivity contribution in [3.8, 4) is 0 Å². The highest BCUT2D eigenvalue weighted by molar-refractivity contribution is 5.85. The SMILES string of the molecule is O=C(O)c1cc(=O)n(O)c(=O)n1O. The fourth-order valence-electron chi connectivity index (χ4n) is 0.679. The molecule has 0 aliphatic heterocycles. The molecule has 1 aromatic heterocycles. The molecule has 0 saturated carbocycles. The minimum atomic E-state index is -1.66. The average Bonchev–Trinajstić information content (AvgIpc) is 2.07. The van der Waals surface area contributed by atoms with E-state index in [1.807, 2.05) is 0 Å². The van der Waals surface area contributed by atoms with Gasteiger partial charge in [0.25, 0.3) is 5.56 Å². The zero-order chi connectivity index (χ0) is 10.2. The van der Waals surface area contributed by atoms with Crippen molar-refractivity contribution in [2.75, 3.05) is 0 Å². The predicted molar refractivity (Wildman–Crippen MR) is 36.3 cm³/mol. The molecule has 70 valence electrons. The van der Waals surface area contributed by atoms with Crippen LogP contribution in [0.25, 0.3) is 0 Å². The number of aromatic carboxylic acids is 1. The first-order chi connectivity index (χ1) is 5.95. The molecule has 0 aliphatic carbocycles. The maximum absolute atomic E-state index is 10.7. The summed E-state index contributed by atoms with van der Waals surface area (Å²) >= 11 is 0. The Kier molecular flexibility index (Phi) is 1.81. The largest absolute Gasteiger partial charge is 0.476 e. The van der Waals surface area contributed by atoms with Gasteiger partial charge in [0.15, 0.2) is 5.69 Å². The van der Waals surface area contributed by atoms with Crippen LogP contribution in [0.15, 0.2) is 15.7 Å². The van der Waals surface area contributed by atoms with Crippen LogP contribution in [0.4, 0.5) is 0 Å². The highest BCUT2D eigenvalue weighted by Gasteiger charge is 2.14. The number of hydrogen-bond donors (Lipinski definition) is 3. The molecule has 0 aliphatic rings. The summed E-state index contributed by atoms with van der Waals surface area (Å²) in [4.78, 5) is 31.6. The van der Waals surface area contributed by atoms with E-state index >= 15 is 0 Å². The third-order valence-corrected chi connectivity index (χ3v) is 1.28. The van der Waals surface area contributed by atoms with E-state index in [1.54, 1.807) is 0 Å². The van der Waals surface area contributed by atoms with Crippen LogP contribution in [0, 0.1) is 0 Å². The standard InChI is InChI=1S/C5H4N2O6/c8-3-1-2(4(9)10)6(12)5(11)7(3)13/h1,12-13H,(H,9,10). The molecule has 0 unspecified atom stereocenters. The molecule has 0 radical (unpaired) electrons. The van der Waals surface area contributed by atoms with Crippen molar-refractivity contribution in [3.05, 3.63) is 32.6 Å². The van der Waals surface area contributed by atoms with Crippen LogP contribution in [-0.4, -0.2) is 31.0 Å². The van der Waals surface area contributed by atoms with E-state index in [0.29, 0.717) is 6.07 Å². The van der Waals surface area contributed by atoms with Gasteiger partial charge in [0.2, 0.25) is 0 Å². The van der Waals surface area contributed by atoms with Crippen LogP contribution in [0.2, 0.25) is 0 Å². The molecule has 1 aromatic rings. The van der Waals surface area contributed by atoms with Gasteiger partial charge in [-0.3, -0.25) is 4.79 Å². The van der Waals surface area contributed by atoms with E-state index in [2.05, 4.69) is 0 Å². The third kappa shape index (κ3) is 1.24. The van der Waals surface area contributed by atoms with E-state index in [1.165, 1.54) is 0 Å².